The minimum absolute atomic E-state index is 0.0215. The highest BCUT2D eigenvalue weighted by Crippen LogP contribution is 2.60. The van der Waals surface area contributed by atoms with Crippen molar-refractivity contribution >= 4 is 0 Å². The van der Waals surface area contributed by atoms with Gasteiger partial charge in [-0.2, -0.15) is 0 Å². The third kappa shape index (κ3) is 1.79. The molecule has 3 nitrogen and oxygen atoms in total. The average Bonchev–Trinajstić information content (AvgIpc) is 2.36. The van der Waals surface area contributed by atoms with Crippen molar-refractivity contribution in [1.82, 2.24) is 4.98 Å². The number of aromatic amines is 1. The minimum atomic E-state index is -0.191. The van der Waals surface area contributed by atoms with Crippen LogP contribution in [-0.4, -0.2) is 4.98 Å². The number of hydrogen-bond donors (Lipinski definition) is 2. The third-order valence-corrected chi connectivity index (χ3v) is 6.04. The van der Waals surface area contributed by atoms with E-state index >= 15 is 0 Å². The fourth-order valence-corrected chi connectivity index (χ4v) is 5.59. The molecule has 4 bridgehead atoms. The lowest BCUT2D eigenvalue weighted by Gasteiger charge is -2.56. The van der Waals surface area contributed by atoms with E-state index in [0.717, 1.165) is 17.8 Å². The second kappa shape index (κ2) is 4.20. The van der Waals surface area contributed by atoms with Gasteiger partial charge in [-0.25, -0.2) is 0 Å². The summed E-state index contributed by atoms with van der Waals surface area (Å²) in [7, 11) is 0. The molecule has 1 unspecified atom stereocenters. The van der Waals surface area contributed by atoms with Crippen LogP contribution in [0.5, 0.6) is 0 Å². The molecule has 4 aliphatic carbocycles. The van der Waals surface area contributed by atoms with Crippen molar-refractivity contribution in [3.8, 4) is 0 Å². The normalized spacial score (nSPS) is 40.0. The Morgan fingerprint density at radius 3 is 2.15 bits per heavy atom. The smallest absolute Gasteiger partial charge is 0.252 e. The van der Waals surface area contributed by atoms with Crippen molar-refractivity contribution in [2.24, 2.45) is 23.5 Å². The van der Waals surface area contributed by atoms with Gasteiger partial charge >= 0.3 is 0 Å². The number of rotatable bonds is 2. The van der Waals surface area contributed by atoms with E-state index in [4.69, 9.17) is 5.73 Å². The highest BCUT2D eigenvalue weighted by atomic mass is 16.1. The molecular formula is C17H24N2O. The molecule has 1 heterocycles. The zero-order valence-electron chi connectivity index (χ0n) is 12.2. The van der Waals surface area contributed by atoms with Gasteiger partial charge < -0.3 is 10.7 Å². The van der Waals surface area contributed by atoms with Gasteiger partial charge in [0.05, 0.1) is 0 Å². The number of nitrogens with one attached hydrogen (secondary N) is 1. The molecule has 3 heteroatoms. The minimum Gasteiger partial charge on any atom is -0.325 e. The third-order valence-electron chi connectivity index (χ3n) is 6.04. The Kier molecular flexibility index (Phi) is 2.65. The molecule has 0 spiro atoms. The zero-order valence-corrected chi connectivity index (χ0v) is 12.2. The Morgan fingerprint density at radius 2 is 1.70 bits per heavy atom. The van der Waals surface area contributed by atoms with Crippen LogP contribution in [-0.2, 0) is 5.41 Å². The monoisotopic (exact) mass is 272 g/mol. The first kappa shape index (κ1) is 12.6. The zero-order chi connectivity index (χ0) is 13.9. The molecule has 1 aromatic rings. The van der Waals surface area contributed by atoms with Crippen molar-refractivity contribution < 1.29 is 0 Å². The van der Waals surface area contributed by atoms with E-state index < -0.39 is 0 Å². The molecule has 0 saturated heterocycles. The van der Waals surface area contributed by atoms with E-state index in [0.29, 0.717) is 5.56 Å². The Bertz CT molecular complexity index is 552. The van der Waals surface area contributed by atoms with Crippen molar-refractivity contribution in [1.29, 1.82) is 0 Å². The average molecular weight is 272 g/mol. The summed E-state index contributed by atoms with van der Waals surface area (Å²) >= 11 is 0. The largest absolute Gasteiger partial charge is 0.325 e. The maximum Gasteiger partial charge on any atom is 0.252 e. The Balaban J connectivity index is 1.74. The lowest BCUT2D eigenvalue weighted by atomic mass is 9.49. The summed E-state index contributed by atoms with van der Waals surface area (Å²) in [6.07, 6.45) is 8.15. The van der Waals surface area contributed by atoms with Gasteiger partial charge in [-0.3, -0.25) is 4.79 Å². The second-order valence-corrected chi connectivity index (χ2v) is 7.64. The number of aromatic nitrogens is 1. The van der Waals surface area contributed by atoms with Gasteiger partial charge in [0, 0.05) is 22.7 Å². The van der Waals surface area contributed by atoms with E-state index in [9.17, 15) is 4.79 Å². The maximum atomic E-state index is 12.2. The van der Waals surface area contributed by atoms with Gasteiger partial charge in [-0.05, 0) is 69.3 Å². The van der Waals surface area contributed by atoms with E-state index in [2.05, 4.69) is 11.1 Å². The standard InChI is InChI=1S/C17H24N2O/c1-10(18)14-2-3-15(19-16(14)20)17-7-11-4-12(8-17)6-13(5-11)9-17/h2-3,10-13H,4-9,18H2,1H3,(H,19,20). The lowest BCUT2D eigenvalue weighted by Crippen LogP contribution is -2.49. The summed E-state index contributed by atoms with van der Waals surface area (Å²) < 4.78 is 0. The second-order valence-electron chi connectivity index (χ2n) is 7.64. The Labute approximate surface area is 120 Å². The number of pyridine rings is 1. The van der Waals surface area contributed by atoms with E-state index in [1.54, 1.807) is 0 Å². The molecule has 4 fully saturated rings. The summed E-state index contributed by atoms with van der Waals surface area (Å²) in [5, 5.41) is 0. The van der Waals surface area contributed by atoms with Crippen LogP contribution in [0, 0.1) is 17.8 Å². The molecule has 0 aliphatic heterocycles. The summed E-state index contributed by atoms with van der Waals surface area (Å²) in [6, 6.07) is 3.91. The highest BCUT2D eigenvalue weighted by Gasteiger charge is 2.52. The fourth-order valence-electron chi connectivity index (χ4n) is 5.59. The van der Waals surface area contributed by atoms with Gasteiger partial charge in [0.25, 0.3) is 5.56 Å². The van der Waals surface area contributed by atoms with E-state index in [1.807, 2.05) is 13.0 Å². The van der Waals surface area contributed by atoms with Gasteiger partial charge in [-0.1, -0.05) is 6.07 Å². The molecule has 3 N–H and O–H groups in total. The van der Waals surface area contributed by atoms with Crippen LogP contribution >= 0.6 is 0 Å². The number of nitrogens with two attached hydrogens (primary N) is 1. The van der Waals surface area contributed by atoms with Gasteiger partial charge in [0.15, 0.2) is 0 Å². The van der Waals surface area contributed by atoms with Gasteiger partial charge in [0.1, 0.15) is 0 Å². The first-order valence-corrected chi connectivity index (χ1v) is 8.05. The molecule has 108 valence electrons. The summed E-state index contributed by atoms with van der Waals surface area (Å²) in [4.78, 5) is 15.4. The van der Waals surface area contributed by atoms with Crippen molar-refractivity contribution in [2.45, 2.75) is 56.9 Å². The molecular weight excluding hydrogens is 248 g/mol. The van der Waals surface area contributed by atoms with E-state index in [-0.39, 0.29) is 17.0 Å². The summed E-state index contributed by atoms with van der Waals surface area (Å²) in [6.45, 7) is 1.87. The lowest BCUT2D eigenvalue weighted by molar-refractivity contribution is -0.00730. The first-order chi connectivity index (χ1) is 9.56. The Hall–Kier alpha value is -1.09. The van der Waals surface area contributed by atoms with Crippen LogP contribution < -0.4 is 11.3 Å². The molecule has 0 radical (unpaired) electrons. The van der Waals surface area contributed by atoms with Crippen LogP contribution in [0.4, 0.5) is 0 Å². The molecule has 0 aromatic carbocycles. The summed E-state index contributed by atoms with van der Waals surface area (Å²) in [5.74, 6) is 2.70. The van der Waals surface area contributed by atoms with Crippen LogP contribution in [0.3, 0.4) is 0 Å². The van der Waals surface area contributed by atoms with Crippen LogP contribution in [0.25, 0.3) is 0 Å². The van der Waals surface area contributed by atoms with E-state index in [1.165, 1.54) is 44.2 Å². The molecule has 1 atom stereocenters. The van der Waals surface area contributed by atoms with Crippen LogP contribution in [0.1, 0.15) is 62.7 Å². The Morgan fingerprint density at radius 1 is 1.15 bits per heavy atom. The molecule has 0 amide bonds. The maximum absolute atomic E-state index is 12.2. The SMILES string of the molecule is CC(N)c1ccc(C23CC4CC(CC(C4)C2)C3)[nH]c1=O. The molecule has 4 saturated carbocycles. The van der Waals surface area contributed by atoms with Crippen LogP contribution in [0.2, 0.25) is 0 Å². The predicted octanol–water partition coefficient (Wildman–Crippen LogP) is 2.86. The van der Waals surface area contributed by atoms with Gasteiger partial charge in [-0.15, -0.1) is 0 Å². The van der Waals surface area contributed by atoms with Crippen molar-refractivity contribution in [3.05, 3.63) is 33.7 Å². The topological polar surface area (TPSA) is 58.9 Å². The van der Waals surface area contributed by atoms with Crippen molar-refractivity contribution in [2.75, 3.05) is 0 Å². The highest BCUT2D eigenvalue weighted by molar-refractivity contribution is 5.26. The predicted molar refractivity (Wildman–Crippen MR) is 79.5 cm³/mol. The van der Waals surface area contributed by atoms with Gasteiger partial charge in [0.2, 0.25) is 0 Å². The summed E-state index contributed by atoms with van der Waals surface area (Å²) in [5.41, 5.74) is 8.03. The molecule has 4 aliphatic rings. The molecule has 20 heavy (non-hydrogen) atoms. The quantitative estimate of drug-likeness (QED) is 0.869. The first-order valence-electron chi connectivity index (χ1n) is 8.05. The van der Waals surface area contributed by atoms with Crippen molar-refractivity contribution in [3.63, 3.8) is 0 Å². The number of hydrogen-bond acceptors (Lipinski definition) is 2. The molecule has 5 rings (SSSR count). The molecule has 1 aromatic heterocycles. The van der Waals surface area contributed by atoms with Crippen LogP contribution in [0.15, 0.2) is 16.9 Å². The number of H-pyrrole nitrogens is 1. The fraction of sp³-hybridized carbons (Fsp3) is 0.706.